The molecule has 0 fully saturated rings. The molecule has 1 N–H and O–H groups in total. The molecular formula is C24H22N2O5S. The van der Waals surface area contributed by atoms with E-state index in [0.717, 1.165) is 10.7 Å². The smallest absolute Gasteiger partial charge is 0.338 e. The summed E-state index contributed by atoms with van der Waals surface area (Å²) in [7, 11) is 0. The van der Waals surface area contributed by atoms with Crippen LogP contribution in [-0.2, 0) is 14.3 Å². The molecule has 1 atom stereocenters. The highest BCUT2D eigenvalue weighted by atomic mass is 32.2. The van der Waals surface area contributed by atoms with E-state index in [1.807, 2.05) is 30.3 Å². The number of carbonyl (C=O) groups excluding carboxylic acids is 3. The van der Waals surface area contributed by atoms with Crippen LogP contribution in [0.5, 0.6) is 0 Å². The van der Waals surface area contributed by atoms with Gasteiger partial charge in [0, 0.05) is 17.0 Å². The maximum absolute atomic E-state index is 13.1. The molecule has 4 rings (SSSR count). The molecule has 1 aliphatic rings. The lowest BCUT2D eigenvalue weighted by molar-refractivity contribution is -0.121. The minimum atomic E-state index is -0.416. The number of nitrogens with one attached hydrogen (secondary N) is 1. The Kier molecular flexibility index (Phi) is 6.61. The van der Waals surface area contributed by atoms with E-state index >= 15 is 0 Å². The van der Waals surface area contributed by atoms with E-state index in [-0.39, 0.29) is 30.0 Å². The van der Waals surface area contributed by atoms with Crippen LogP contribution in [0, 0.1) is 0 Å². The number of carbonyl (C=O) groups is 3. The van der Waals surface area contributed by atoms with E-state index in [1.165, 1.54) is 4.90 Å². The van der Waals surface area contributed by atoms with Gasteiger partial charge >= 0.3 is 5.97 Å². The lowest BCUT2D eigenvalue weighted by Gasteiger charge is -2.22. The monoisotopic (exact) mass is 450 g/mol. The summed E-state index contributed by atoms with van der Waals surface area (Å²) in [5.41, 5.74) is 1.63. The molecule has 2 aromatic carbocycles. The summed E-state index contributed by atoms with van der Waals surface area (Å²) in [6.45, 7) is 1.91. The summed E-state index contributed by atoms with van der Waals surface area (Å²) in [6, 6.07) is 17.6. The Labute approximate surface area is 189 Å². The molecule has 3 aromatic rings. The van der Waals surface area contributed by atoms with Crippen LogP contribution in [0.2, 0.25) is 0 Å². The third kappa shape index (κ3) is 4.86. The number of benzene rings is 2. The topological polar surface area (TPSA) is 88.9 Å². The molecule has 32 heavy (non-hydrogen) atoms. The van der Waals surface area contributed by atoms with Crippen LogP contribution < -0.4 is 10.2 Å². The third-order valence-electron chi connectivity index (χ3n) is 4.93. The Morgan fingerprint density at radius 3 is 2.62 bits per heavy atom. The van der Waals surface area contributed by atoms with Gasteiger partial charge in [0.1, 0.15) is 12.3 Å². The minimum absolute atomic E-state index is 0.124. The fourth-order valence-electron chi connectivity index (χ4n) is 3.43. The maximum Gasteiger partial charge on any atom is 0.338 e. The first-order valence-electron chi connectivity index (χ1n) is 10.2. The first kappa shape index (κ1) is 21.7. The Bertz CT molecular complexity index is 1110. The van der Waals surface area contributed by atoms with E-state index in [9.17, 15) is 14.4 Å². The third-order valence-corrected chi connectivity index (χ3v) is 6.21. The number of ether oxygens (including phenoxy) is 1. The van der Waals surface area contributed by atoms with Crippen molar-refractivity contribution < 1.29 is 23.5 Å². The van der Waals surface area contributed by atoms with Crippen LogP contribution in [-0.4, -0.2) is 30.9 Å². The van der Waals surface area contributed by atoms with Gasteiger partial charge in [-0.15, -0.1) is 11.8 Å². The second-order valence-corrected chi connectivity index (χ2v) is 8.36. The maximum atomic E-state index is 13.1. The number of furan rings is 1. The molecule has 1 aromatic heterocycles. The lowest BCUT2D eigenvalue weighted by Crippen LogP contribution is -2.38. The molecule has 0 saturated carbocycles. The predicted octanol–water partition coefficient (Wildman–Crippen LogP) is 4.67. The molecule has 0 unspecified atom stereocenters. The fraction of sp³-hybridized carbons (Fsp3) is 0.208. The fourth-order valence-corrected chi connectivity index (χ4v) is 4.67. The van der Waals surface area contributed by atoms with Gasteiger partial charge in [-0.3, -0.25) is 9.59 Å². The molecule has 0 bridgehead atoms. The molecule has 2 heterocycles. The van der Waals surface area contributed by atoms with Gasteiger partial charge in [-0.05, 0) is 55.5 Å². The van der Waals surface area contributed by atoms with Crippen LogP contribution in [0.25, 0.3) is 0 Å². The minimum Gasteiger partial charge on any atom is -0.468 e. The number of thioether (sulfide) groups is 1. The Balaban J connectivity index is 1.49. The number of nitrogens with zero attached hydrogens (tertiary/aromatic N) is 1. The van der Waals surface area contributed by atoms with Crippen molar-refractivity contribution in [2.24, 2.45) is 0 Å². The number of para-hydroxylation sites is 1. The van der Waals surface area contributed by atoms with Gasteiger partial charge in [-0.1, -0.05) is 12.1 Å². The summed E-state index contributed by atoms with van der Waals surface area (Å²) < 4.78 is 10.5. The van der Waals surface area contributed by atoms with E-state index < -0.39 is 5.97 Å². The largest absolute Gasteiger partial charge is 0.468 e. The molecule has 2 amide bonds. The average molecular weight is 451 g/mol. The zero-order valence-electron chi connectivity index (χ0n) is 17.4. The average Bonchev–Trinajstić information content (AvgIpc) is 3.29. The summed E-state index contributed by atoms with van der Waals surface area (Å²) in [5, 5.41) is 2.62. The van der Waals surface area contributed by atoms with Gasteiger partial charge < -0.3 is 19.4 Å². The SMILES string of the molecule is CCOC(=O)c1ccc(NC(=O)CN2C(=O)C[C@H](c3ccco3)Sc3ccccc32)cc1. The van der Waals surface area contributed by atoms with Crippen molar-refractivity contribution in [3.05, 3.63) is 78.3 Å². The highest BCUT2D eigenvalue weighted by Crippen LogP contribution is 2.45. The van der Waals surface area contributed by atoms with Crippen molar-refractivity contribution >= 4 is 40.9 Å². The van der Waals surface area contributed by atoms with Gasteiger partial charge in [0.2, 0.25) is 11.8 Å². The van der Waals surface area contributed by atoms with Crippen molar-refractivity contribution in [3.63, 3.8) is 0 Å². The molecular weight excluding hydrogens is 428 g/mol. The molecule has 8 heteroatoms. The molecule has 0 spiro atoms. The lowest BCUT2D eigenvalue weighted by atomic mass is 10.2. The number of fused-ring (bicyclic) bond motifs is 1. The van der Waals surface area contributed by atoms with Crippen LogP contribution in [0.1, 0.15) is 34.7 Å². The van der Waals surface area contributed by atoms with Crippen molar-refractivity contribution in [1.82, 2.24) is 0 Å². The number of hydrogen-bond acceptors (Lipinski definition) is 6. The standard InChI is InChI=1S/C24H22N2O5S/c1-2-30-24(29)16-9-11-17(12-10-16)25-22(27)15-26-18-6-3-4-8-20(18)32-21(14-23(26)28)19-7-5-13-31-19/h3-13,21H,2,14-15H2,1H3,(H,25,27)/t21-/m1/s1. The van der Waals surface area contributed by atoms with Gasteiger partial charge in [0.25, 0.3) is 0 Å². The molecule has 1 aliphatic heterocycles. The molecule has 7 nitrogen and oxygen atoms in total. The van der Waals surface area contributed by atoms with E-state index in [4.69, 9.17) is 9.15 Å². The van der Waals surface area contributed by atoms with Gasteiger partial charge in [-0.25, -0.2) is 4.79 Å². The summed E-state index contributed by atoms with van der Waals surface area (Å²) in [5.74, 6) is -0.179. The second-order valence-electron chi connectivity index (χ2n) is 7.12. The molecule has 0 radical (unpaired) electrons. The van der Waals surface area contributed by atoms with Gasteiger partial charge in [0.05, 0.1) is 29.4 Å². The molecule has 0 aliphatic carbocycles. The predicted molar refractivity (Wildman–Crippen MR) is 122 cm³/mol. The van der Waals surface area contributed by atoms with Crippen LogP contribution >= 0.6 is 11.8 Å². The van der Waals surface area contributed by atoms with Gasteiger partial charge in [0.15, 0.2) is 0 Å². The first-order chi connectivity index (χ1) is 15.5. The first-order valence-corrected chi connectivity index (χ1v) is 11.1. The quantitative estimate of drug-likeness (QED) is 0.549. The van der Waals surface area contributed by atoms with Crippen LogP contribution in [0.15, 0.2) is 76.2 Å². The summed E-state index contributed by atoms with van der Waals surface area (Å²) >= 11 is 1.55. The van der Waals surface area contributed by atoms with E-state index in [2.05, 4.69) is 5.32 Å². The normalized spacial score (nSPS) is 15.6. The molecule has 164 valence electrons. The van der Waals surface area contributed by atoms with Crippen molar-refractivity contribution in [2.45, 2.75) is 23.5 Å². The zero-order valence-corrected chi connectivity index (χ0v) is 18.3. The zero-order chi connectivity index (χ0) is 22.5. The Hall–Kier alpha value is -3.52. The second kappa shape index (κ2) is 9.74. The van der Waals surface area contributed by atoms with Crippen molar-refractivity contribution in [2.75, 3.05) is 23.4 Å². The number of rotatable bonds is 6. The summed E-state index contributed by atoms with van der Waals surface area (Å²) in [4.78, 5) is 40.0. The number of esters is 1. The number of hydrogen-bond donors (Lipinski definition) is 1. The van der Waals surface area contributed by atoms with Crippen molar-refractivity contribution in [1.29, 1.82) is 0 Å². The van der Waals surface area contributed by atoms with Gasteiger partial charge in [-0.2, -0.15) is 0 Å². The highest BCUT2D eigenvalue weighted by molar-refractivity contribution is 7.99. The highest BCUT2D eigenvalue weighted by Gasteiger charge is 2.31. The van der Waals surface area contributed by atoms with Crippen LogP contribution in [0.4, 0.5) is 11.4 Å². The van der Waals surface area contributed by atoms with Crippen molar-refractivity contribution in [3.8, 4) is 0 Å². The number of amides is 2. The Morgan fingerprint density at radius 2 is 1.91 bits per heavy atom. The van der Waals surface area contributed by atoms with Crippen LogP contribution in [0.3, 0.4) is 0 Å². The molecule has 0 saturated heterocycles. The Morgan fingerprint density at radius 1 is 1.12 bits per heavy atom. The van der Waals surface area contributed by atoms with E-state index in [1.54, 1.807) is 55.3 Å². The van der Waals surface area contributed by atoms with E-state index in [0.29, 0.717) is 23.5 Å². The summed E-state index contributed by atoms with van der Waals surface area (Å²) in [6.07, 6.45) is 1.81. The number of anilines is 2.